The topological polar surface area (TPSA) is 116 Å². The molecular weight excluding hydrogens is 442 g/mol. The SMILES string of the molecule is COC(=O)C(NS(=O)(=O)c1ccccc1)c1ccc(OS(=O)(=O)c2ccccc2)cc1. The Morgan fingerprint density at radius 2 is 1.29 bits per heavy atom. The first-order chi connectivity index (χ1) is 14.7. The van der Waals surface area contributed by atoms with Crippen LogP contribution in [0.3, 0.4) is 0 Å². The number of methoxy groups -OCH3 is 1. The van der Waals surface area contributed by atoms with E-state index in [1.54, 1.807) is 36.4 Å². The van der Waals surface area contributed by atoms with Crippen LogP contribution < -0.4 is 8.91 Å². The van der Waals surface area contributed by atoms with E-state index >= 15 is 0 Å². The van der Waals surface area contributed by atoms with Crippen molar-refractivity contribution < 1.29 is 30.6 Å². The van der Waals surface area contributed by atoms with Crippen molar-refractivity contribution in [3.63, 3.8) is 0 Å². The van der Waals surface area contributed by atoms with Crippen molar-refractivity contribution in [1.82, 2.24) is 4.72 Å². The predicted octanol–water partition coefficient (Wildman–Crippen LogP) is 2.65. The smallest absolute Gasteiger partial charge is 0.339 e. The van der Waals surface area contributed by atoms with Gasteiger partial charge in [-0.15, -0.1) is 0 Å². The summed E-state index contributed by atoms with van der Waals surface area (Å²) in [5, 5.41) is 0. The summed E-state index contributed by atoms with van der Waals surface area (Å²) in [5.41, 5.74) is 0.246. The number of esters is 1. The first kappa shape index (κ1) is 22.5. The van der Waals surface area contributed by atoms with Crippen LogP contribution in [0.25, 0.3) is 0 Å². The summed E-state index contributed by atoms with van der Waals surface area (Å²) in [7, 11) is -6.92. The second-order valence-electron chi connectivity index (χ2n) is 6.31. The van der Waals surface area contributed by atoms with E-state index in [1.807, 2.05) is 0 Å². The Kier molecular flexibility index (Phi) is 6.74. The Bertz CT molecular complexity index is 1240. The first-order valence-electron chi connectivity index (χ1n) is 8.98. The molecule has 31 heavy (non-hydrogen) atoms. The molecular formula is C21H19NO7S2. The zero-order valence-electron chi connectivity index (χ0n) is 16.3. The van der Waals surface area contributed by atoms with Crippen LogP contribution in [0.2, 0.25) is 0 Å². The van der Waals surface area contributed by atoms with E-state index in [-0.39, 0.29) is 21.1 Å². The number of carbonyl (C=O) groups is 1. The predicted molar refractivity (Wildman–Crippen MR) is 112 cm³/mol. The third kappa shape index (κ3) is 5.48. The maximum absolute atomic E-state index is 12.6. The molecule has 0 amide bonds. The Morgan fingerprint density at radius 3 is 1.81 bits per heavy atom. The lowest BCUT2D eigenvalue weighted by Gasteiger charge is -2.17. The summed E-state index contributed by atoms with van der Waals surface area (Å²) in [4.78, 5) is 12.2. The molecule has 10 heteroatoms. The summed E-state index contributed by atoms with van der Waals surface area (Å²) >= 11 is 0. The Balaban J connectivity index is 1.84. The molecule has 1 N–H and O–H groups in total. The van der Waals surface area contributed by atoms with Crippen molar-refractivity contribution in [2.75, 3.05) is 7.11 Å². The zero-order chi connectivity index (χ0) is 22.5. The molecule has 0 aromatic heterocycles. The molecule has 162 valence electrons. The Morgan fingerprint density at radius 1 is 0.774 bits per heavy atom. The highest BCUT2D eigenvalue weighted by atomic mass is 32.2. The molecule has 0 saturated carbocycles. The Hall–Kier alpha value is -3.21. The molecule has 0 aliphatic rings. The monoisotopic (exact) mass is 461 g/mol. The van der Waals surface area contributed by atoms with E-state index in [0.717, 1.165) is 7.11 Å². The van der Waals surface area contributed by atoms with Crippen LogP contribution in [-0.2, 0) is 29.7 Å². The molecule has 0 aliphatic heterocycles. The van der Waals surface area contributed by atoms with Gasteiger partial charge in [-0.1, -0.05) is 48.5 Å². The maximum atomic E-state index is 12.6. The number of ether oxygens (including phenoxy) is 1. The number of nitrogens with one attached hydrogen (secondary N) is 1. The van der Waals surface area contributed by atoms with Crippen LogP contribution in [0.1, 0.15) is 11.6 Å². The lowest BCUT2D eigenvalue weighted by atomic mass is 10.1. The molecule has 0 aliphatic carbocycles. The average Bonchev–Trinajstić information content (AvgIpc) is 2.78. The van der Waals surface area contributed by atoms with Gasteiger partial charge >= 0.3 is 16.1 Å². The van der Waals surface area contributed by atoms with Gasteiger partial charge < -0.3 is 8.92 Å². The number of benzene rings is 3. The number of hydrogen-bond donors (Lipinski definition) is 1. The number of carbonyl (C=O) groups excluding carboxylic acids is 1. The lowest BCUT2D eigenvalue weighted by Crippen LogP contribution is -2.34. The summed E-state index contributed by atoms with van der Waals surface area (Å²) in [6, 6.07) is 19.2. The molecule has 0 fully saturated rings. The second-order valence-corrected chi connectivity index (χ2v) is 9.57. The number of hydrogen-bond acceptors (Lipinski definition) is 7. The van der Waals surface area contributed by atoms with Crippen LogP contribution >= 0.6 is 0 Å². The van der Waals surface area contributed by atoms with Gasteiger partial charge in [0.2, 0.25) is 10.0 Å². The molecule has 8 nitrogen and oxygen atoms in total. The zero-order valence-corrected chi connectivity index (χ0v) is 18.0. The van der Waals surface area contributed by atoms with Gasteiger partial charge in [0, 0.05) is 0 Å². The minimum absolute atomic E-state index is 0.00198. The van der Waals surface area contributed by atoms with Crippen LogP contribution in [0.5, 0.6) is 5.75 Å². The van der Waals surface area contributed by atoms with Crippen molar-refractivity contribution in [3.05, 3.63) is 90.5 Å². The molecule has 3 aromatic carbocycles. The molecule has 3 aromatic rings. The average molecular weight is 462 g/mol. The summed E-state index contributed by atoms with van der Waals surface area (Å²) in [6.07, 6.45) is 0. The normalized spacial score (nSPS) is 12.7. The molecule has 0 heterocycles. The summed E-state index contributed by atoms with van der Waals surface area (Å²) in [6.45, 7) is 0. The molecule has 3 rings (SSSR count). The molecule has 1 unspecified atom stereocenters. The summed E-state index contributed by atoms with van der Waals surface area (Å²) < 4.78 is 62.0. The van der Waals surface area contributed by atoms with Crippen LogP contribution in [-0.4, -0.2) is 29.9 Å². The van der Waals surface area contributed by atoms with Gasteiger partial charge in [0.25, 0.3) is 0 Å². The van der Waals surface area contributed by atoms with Gasteiger partial charge in [0.15, 0.2) is 0 Å². The van der Waals surface area contributed by atoms with Gasteiger partial charge in [-0.3, -0.25) is 0 Å². The van der Waals surface area contributed by atoms with Crippen molar-refractivity contribution >= 4 is 26.1 Å². The molecule has 0 spiro atoms. The van der Waals surface area contributed by atoms with Crippen LogP contribution in [0.4, 0.5) is 0 Å². The van der Waals surface area contributed by atoms with Crippen LogP contribution in [0, 0.1) is 0 Å². The molecule has 1 atom stereocenters. The maximum Gasteiger partial charge on any atom is 0.339 e. The standard InChI is InChI=1S/C21H19NO7S2/c1-28-21(23)20(22-30(24,25)18-8-4-2-5-9-18)16-12-14-17(15-13-16)29-31(26,27)19-10-6-3-7-11-19/h2-15,20,22H,1H3. The Labute approximate surface area is 180 Å². The van der Waals surface area contributed by atoms with Gasteiger partial charge in [-0.2, -0.15) is 13.1 Å². The first-order valence-corrected chi connectivity index (χ1v) is 11.9. The van der Waals surface area contributed by atoms with Gasteiger partial charge in [0.1, 0.15) is 16.7 Å². The van der Waals surface area contributed by atoms with Crippen LogP contribution in [0.15, 0.2) is 94.7 Å². The summed E-state index contributed by atoms with van der Waals surface area (Å²) in [5.74, 6) is -0.827. The lowest BCUT2D eigenvalue weighted by molar-refractivity contribution is -0.142. The largest absolute Gasteiger partial charge is 0.468 e. The number of rotatable bonds is 8. The van der Waals surface area contributed by atoms with E-state index in [2.05, 4.69) is 4.72 Å². The fraction of sp³-hybridized carbons (Fsp3) is 0.0952. The third-order valence-corrected chi connectivity index (χ3v) is 6.91. The highest BCUT2D eigenvalue weighted by Crippen LogP contribution is 2.24. The van der Waals surface area contributed by atoms with E-state index in [1.165, 1.54) is 48.5 Å². The molecule has 0 radical (unpaired) electrons. The molecule has 0 bridgehead atoms. The minimum atomic E-state index is -4.04. The highest BCUT2D eigenvalue weighted by molar-refractivity contribution is 7.89. The van der Waals surface area contributed by atoms with Crippen molar-refractivity contribution in [2.45, 2.75) is 15.8 Å². The quantitative estimate of drug-likeness (QED) is 0.405. The van der Waals surface area contributed by atoms with Crippen molar-refractivity contribution in [3.8, 4) is 5.75 Å². The molecule has 0 saturated heterocycles. The van der Waals surface area contributed by atoms with E-state index in [9.17, 15) is 21.6 Å². The van der Waals surface area contributed by atoms with Gasteiger partial charge in [-0.25, -0.2) is 13.2 Å². The van der Waals surface area contributed by atoms with Gasteiger partial charge in [0.05, 0.1) is 12.0 Å². The number of sulfonamides is 1. The second kappa shape index (κ2) is 9.29. The van der Waals surface area contributed by atoms with Gasteiger partial charge in [-0.05, 0) is 42.0 Å². The van der Waals surface area contributed by atoms with E-state index in [0.29, 0.717) is 0 Å². The fourth-order valence-electron chi connectivity index (χ4n) is 2.67. The van der Waals surface area contributed by atoms with Crippen molar-refractivity contribution in [1.29, 1.82) is 0 Å². The fourth-order valence-corrected chi connectivity index (χ4v) is 4.82. The minimum Gasteiger partial charge on any atom is -0.468 e. The van der Waals surface area contributed by atoms with Crippen molar-refractivity contribution in [2.24, 2.45) is 0 Å². The highest BCUT2D eigenvalue weighted by Gasteiger charge is 2.28. The third-order valence-electron chi connectivity index (χ3n) is 4.21. The van der Waals surface area contributed by atoms with E-state index in [4.69, 9.17) is 8.92 Å². The van der Waals surface area contributed by atoms with E-state index < -0.39 is 32.2 Å².